The monoisotopic (exact) mass is 372 g/mol. The number of carbonyl (C=O) groups excluding carboxylic acids is 4. The lowest BCUT2D eigenvalue weighted by atomic mass is 10.1. The summed E-state index contributed by atoms with van der Waals surface area (Å²) in [4.78, 5) is 55.4. The van der Waals surface area contributed by atoms with Crippen LogP contribution in [-0.2, 0) is 28.8 Å². The van der Waals surface area contributed by atoms with E-state index in [-0.39, 0.29) is 32.8 Å². The Kier molecular flexibility index (Phi) is 13.5. The number of nitriles is 1. The van der Waals surface area contributed by atoms with Crippen LogP contribution >= 0.6 is 0 Å². The van der Waals surface area contributed by atoms with Crippen LogP contribution in [0.4, 0.5) is 9.59 Å². The van der Waals surface area contributed by atoms with Crippen molar-refractivity contribution < 1.29 is 38.4 Å². The number of nitrogens with zero attached hydrogens (tertiary/aromatic N) is 2. The van der Waals surface area contributed by atoms with Crippen molar-refractivity contribution in [3.05, 3.63) is 0 Å². The number of nitrogens with one attached hydrogen (secondary N) is 2. The van der Waals surface area contributed by atoms with Crippen LogP contribution in [0.3, 0.4) is 0 Å². The molecule has 0 aliphatic heterocycles. The van der Waals surface area contributed by atoms with Crippen molar-refractivity contribution in [1.29, 1.82) is 5.26 Å². The molecule has 0 spiro atoms. The van der Waals surface area contributed by atoms with Crippen molar-refractivity contribution in [1.82, 2.24) is 10.6 Å². The highest BCUT2D eigenvalue weighted by Crippen LogP contribution is 2.04. The molecule has 0 heterocycles. The topological polar surface area (TPSA) is 165 Å². The third-order valence-corrected chi connectivity index (χ3v) is 2.70. The Morgan fingerprint density at radius 3 is 2.62 bits per heavy atom. The molecule has 144 valence electrons. The fourth-order valence-corrected chi connectivity index (χ4v) is 1.66. The molecular weight excluding hydrogens is 352 g/mol. The summed E-state index contributed by atoms with van der Waals surface area (Å²) in [6.45, 7) is 1.66. The highest BCUT2D eigenvalue weighted by molar-refractivity contribution is 5.81. The van der Waals surface area contributed by atoms with Gasteiger partial charge in [0, 0.05) is 6.54 Å². The standard InChI is InChI=1S/C14H20N4O8/c1-2-23-12(20)11(5-3-4-6-16-13(21)17-10-19)18-14(22)24-7-8-25-26-9-15/h11H,2-8H2,1H3,(H,16,21)(H,18,22). The van der Waals surface area contributed by atoms with Gasteiger partial charge in [-0.3, -0.25) is 4.89 Å². The van der Waals surface area contributed by atoms with E-state index < -0.39 is 24.1 Å². The SMILES string of the molecule is CCOC(=O)C(CCCCNC(=O)N=C=O)NC(=O)OCCOOC#N. The maximum atomic E-state index is 11.9. The summed E-state index contributed by atoms with van der Waals surface area (Å²) in [5, 5.41) is 12.8. The van der Waals surface area contributed by atoms with Gasteiger partial charge in [-0.2, -0.15) is 4.89 Å². The van der Waals surface area contributed by atoms with Crippen molar-refractivity contribution >= 4 is 24.2 Å². The third kappa shape index (κ3) is 12.3. The fourth-order valence-electron chi connectivity index (χ4n) is 1.66. The Labute approximate surface area is 149 Å². The van der Waals surface area contributed by atoms with E-state index in [0.717, 1.165) is 6.08 Å². The number of carbonyl (C=O) groups is 3. The molecule has 0 radical (unpaired) electrons. The molecule has 0 aromatic heterocycles. The van der Waals surface area contributed by atoms with Crippen LogP contribution in [0.5, 0.6) is 0 Å². The number of ether oxygens (including phenoxy) is 2. The Bertz CT molecular complexity index is 542. The second-order valence-corrected chi connectivity index (χ2v) is 4.51. The number of amides is 3. The summed E-state index contributed by atoms with van der Waals surface area (Å²) in [5.74, 6) is -0.622. The first kappa shape index (κ1) is 22.8. The van der Waals surface area contributed by atoms with E-state index in [4.69, 9.17) is 14.7 Å². The Morgan fingerprint density at radius 2 is 1.96 bits per heavy atom. The van der Waals surface area contributed by atoms with E-state index in [0.29, 0.717) is 12.8 Å². The predicted molar refractivity (Wildman–Crippen MR) is 82.9 cm³/mol. The van der Waals surface area contributed by atoms with Crippen LogP contribution in [0.25, 0.3) is 0 Å². The predicted octanol–water partition coefficient (Wildman–Crippen LogP) is 0.289. The first-order valence-electron chi connectivity index (χ1n) is 7.68. The molecule has 12 heteroatoms. The van der Waals surface area contributed by atoms with Crippen molar-refractivity contribution in [2.24, 2.45) is 4.99 Å². The lowest BCUT2D eigenvalue weighted by molar-refractivity contribution is -0.242. The van der Waals surface area contributed by atoms with E-state index in [1.165, 1.54) is 6.26 Å². The summed E-state index contributed by atoms with van der Waals surface area (Å²) in [6, 6.07) is -1.73. The van der Waals surface area contributed by atoms with Gasteiger partial charge in [0.05, 0.1) is 6.61 Å². The van der Waals surface area contributed by atoms with Crippen molar-refractivity contribution in [2.45, 2.75) is 32.2 Å². The van der Waals surface area contributed by atoms with Crippen LogP contribution < -0.4 is 10.6 Å². The van der Waals surface area contributed by atoms with Gasteiger partial charge in [-0.1, -0.05) is 0 Å². The molecule has 26 heavy (non-hydrogen) atoms. The number of hydrogen-bond donors (Lipinski definition) is 2. The average molecular weight is 372 g/mol. The molecule has 0 saturated heterocycles. The molecule has 0 aromatic rings. The van der Waals surface area contributed by atoms with E-state index >= 15 is 0 Å². The minimum atomic E-state index is -0.928. The zero-order valence-corrected chi connectivity index (χ0v) is 14.2. The molecule has 12 nitrogen and oxygen atoms in total. The molecule has 0 fully saturated rings. The second-order valence-electron chi connectivity index (χ2n) is 4.51. The van der Waals surface area contributed by atoms with Gasteiger partial charge in [-0.25, -0.2) is 19.2 Å². The third-order valence-electron chi connectivity index (χ3n) is 2.70. The van der Waals surface area contributed by atoms with Gasteiger partial charge in [0.15, 0.2) is 0 Å². The van der Waals surface area contributed by atoms with Gasteiger partial charge in [-0.15, -0.1) is 10.3 Å². The molecule has 1 unspecified atom stereocenters. The van der Waals surface area contributed by atoms with E-state index in [1.807, 2.05) is 0 Å². The Morgan fingerprint density at radius 1 is 1.19 bits per heavy atom. The van der Waals surface area contributed by atoms with Crippen molar-refractivity contribution in [3.8, 4) is 6.26 Å². The molecule has 3 amide bonds. The number of urea groups is 1. The number of isocyanates is 1. The van der Waals surface area contributed by atoms with Gasteiger partial charge >= 0.3 is 24.3 Å². The number of aliphatic imine (C=N–C) groups is 1. The maximum absolute atomic E-state index is 11.9. The normalized spacial score (nSPS) is 10.5. The summed E-state index contributed by atoms with van der Waals surface area (Å²) in [6.07, 6.45) is 2.71. The van der Waals surface area contributed by atoms with Gasteiger partial charge in [0.1, 0.15) is 19.3 Å². The molecule has 0 aliphatic carbocycles. The minimum Gasteiger partial charge on any atom is -0.464 e. The van der Waals surface area contributed by atoms with Crippen LogP contribution in [0.2, 0.25) is 0 Å². The summed E-state index contributed by atoms with van der Waals surface area (Å²) in [5.41, 5.74) is 0. The summed E-state index contributed by atoms with van der Waals surface area (Å²) >= 11 is 0. The molecule has 0 saturated carbocycles. The van der Waals surface area contributed by atoms with Crippen LogP contribution in [0, 0.1) is 11.5 Å². The fraction of sp³-hybridized carbons (Fsp3) is 0.643. The molecular formula is C14H20N4O8. The molecule has 2 N–H and O–H groups in total. The number of alkyl carbamates (subject to hydrolysis) is 1. The Balaban J connectivity index is 4.21. The molecule has 0 bridgehead atoms. The lowest BCUT2D eigenvalue weighted by Gasteiger charge is -2.17. The average Bonchev–Trinajstić information content (AvgIpc) is 2.60. The summed E-state index contributed by atoms with van der Waals surface area (Å²) in [7, 11) is 0. The number of esters is 1. The van der Waals surface area contributed by atoms with Gasteiger partial charge in [0.2, 0.25) is 6.08 Å². The van der Waals surface area contributed by atoms with Crippen LogP contribution in [0.15, 0.2) is 4.99 Å². The van der Waals surface area contributed by atoms with Gasteiger partial charge < -0.3 is 20.1 Å². The molecule has 0 aromatic carbocycles. The van der Waals surface area contributed by atoms with Gasteiger partial charge in [-0.05, 0) is 26.2 Å². The van der Waals surface area contributed by atoms with Crippen LogP contribution in [-0.4, -0.2) is 56.6 Å². The minimum absolute atomic E-state index is 0.144. The smallest absolute Gasteiger partial charge is 0.407 e. The molecule has 0 aliphatic rings. The maximum Gasteiger partial charge on any atom is 0.407 e. The Hall–Kier alpha value is -3.16. The number of rotatable bonds is 12. The van der Waals surface area contributed by atoms with E-state index in [9.17, 15) is 19.2 Å². The number of hydrogen-bond acceptors (Lipinski definition) is 9. The lowest BCUT2D eigenvalue weighted by Crippen LogP contribution is -2.42. The highest BCUT2D eigenvalue weighted by Gasteiger charge is 2.22. The summed E-state index contributed by atoms with van der Waals surface area (Å²) < 4.78 is 9.63. The largest absolute Gasteiger partial charge is 0.464 e. The first-order valence-corrected chi connectivity index (χ1v) is 7.68. The first-order chi connectivity index (χ1) is 12.5. The second kappa shape index (κ2) is 15.4. The van der Waals surface area contributed by atoms with Crippen molar-refractivity contribution in [3.63, 3.8) is 0 Å². The van der Waals surface area contributed by atoms with Crippen LogP contribution in [0.1, 0.15) is 26.2 Å². The molecule has 0 rings (SSSR count). The zero-order valence-electron chi connectivity index (χ0n) is 14.2. The highest BCUT2D eigenvalue weighted by atomic mass is 17.2. The van der Waals surface area contributed by atoms with E-state index in [2.05, 4.69) is 25.4 Å². The zero-order chi connectivity index (χ0) is 19.6. The number of unbranched alkanes of at least 4 members (excludes halogenated alkanes) is 1. The quantitative estimate of drug-likeness (QED) is 0.0931. The van der Waals surface area contributed by atoms with Crippen molar-refractivity contribution in [2.75, 3.05) is 26.4 Å². The molecule has 1 atom stereocenters. The van der Waals surface area contributed by atoms with Gasteiger partial charge in [0.25, 0.3) is 0 Å². The van der Waals surface area contributed by atoms with E-state index in [1.54, 1.807) is 6.92 Å².